The van der Waals surface area contributed by atoms with Gasteiger partial charge in [-0.15, -0.1) is 0 Å². The van der Waals surface area contributed by atoms with Crippen LogP contribution in [0, 0.1) is 5.92 Å². The maximum absolute atomic E-state index is 12.3. The molecule has 0 heterocycles. The third-order valence-corrected chi connectivity index (χ3v) is 6.42. The van der Waals surface area contributed by atoms with Crippen LogP contribution in [0.15, 0.2) is 29.2 Å². The van der Waals surface area contributed by atoms with E-state index in [4.69, 9.17) is 9.47 Å². The minimum atomic E-state index is -3.90. The van der Waals surface area contributed by atoms with Crippen LogP contribution in [0.25, 0.3) is 0 Å². The molecule has 0 radical (unpaired) electrons. The smallest absolute Gasteiger partial charge is 0.324 e. The summed E-state index contributed by atoms with van der Waals surface area (Å²) >= 11 is 0. The first-order valence-corrected chi connectivity index (χ1v) is 10.8. The summed E-state index contributed by atoms with van der Waals surface area (Å²) in [7, 11) is -2.43. The number of sulfonamides is 1. The minimum Gasteiger partial charge on any atom is -0.497 e. The van der Waals surface area contributed by atoms with E-state index >= 15 is 0 Å². The Morgan fingerprint density at radius 3 is 2.43 bits per heavy atom. The van der Waals surface area contributed by atoms with Crippen LogP contribution >= 0.6 is 0 Å². The van der Waals surface area contributed by atoms with Crippen LogP contribution < -0.4 is 14.8 Å². The maximum Gasteiger partial charge on any atom is 0.324 e. The first-order chi connectivity index (χ1) is 13.2. The van der Waals surface area contributed by atoms with Crippen molar-refractivity contribution in [2.75, 3.05) is 13.7 Å². The monoisotopic (exact) mass is 412 g/mol. The molecule has 9 heteroatoms. The van der Waals surface area contributed by atoms with Crippen molar-refractivity contribution in [2.45, 2.75) is 56.5 Å². The minimum absolute atomic E-state index is 0.00280. The number of hydrogen-bond acceptors (Lipinski definition) is 6. The number of ether oxygens (including phenoxy) is 2. The molecule has 1 amide bonds. The van der Waals surface area contributed by atoms with E-state index in [1.54, 1.807) is 0 Å². The van der Waals surface area contributed by atoms with Crippen molar-refractivity contribution in [3.05, 3.63) is 24.3 Å². The maximum atomic E-state index is 12.3. The first kappa shape index (κ1) is 22.2. The standard InChI is InChI=1S/C19H28N2O6S/c1-13-6-4-5-7-17(13)20-18(22)12-27-19(23)14(2)21-28(24,25)16-10-8-15(26-3)9-11-16/h8-11,13-14,17,21H,4-7,12H2,1-3H3,(H,20,22)/t13-,14+,17-/m1/s1. The summed E-state index contributed by atoms with van der Waals surface area (Å²) in [6.45, 7) is 3.02. The molecule has 156 valence electrons. The van der Waals surface area contributed by atoms with Crippen molar-refractivity contribution in [1.29, 1.82) is 0 Å². The lowest BCUT2D eigenvalue weighted by Gasteiger charge is -2.29. The van der Waals surface area contributed by atoms with E-state index in [1.807, 2.05) is 0 Å². The SMILES string of the molecule is COc1ccc(S(=O)(=O)N[C@@H](C)C(=O)OCC(=O)N[C@@H]2CCCC[C@H]2C)cc1. The second kappa shape index (κ2) is 9.88. The molecule has 0 saturated heterocycles. The Kier molecular flexibility index (Phi) is 7.82. The van der Waals surface area contributed by atoms with Gasteiger partial charge < -0.3 is 14.8 Å². The molecular weight excluding hydrogens is 384 g/mol. The Hall–Kier alpha value is -2.13. The zero-order valence-electron chi connectivity index (χ0n) is 16.4. The highest BCUT2D eigenvalue weighted by Crippen LogP contribution is 2.23. The van der Waals surface area contributed by atoms with Crippen molar-refractivity contribution in [3.63, 3.8) is 0 Å². The number of carbonyl (C=O) groups is 2. The zero-order chi connectivity index (χ0) is 20.7. The molecule has 2 rings (SSSR count). The molecule has 0 aromatic heterocycles. The lowest BCUT2D eigenvalue weighted by molar-refractivity contribution is -0.150. The largest absolute Gasteiger partial charge is 0.497 e. The molecule has 2 N–H and O–H groups in total. The molecule has 1 fully saturated rings. The molecule has 1 aromatic rings. The summed E-state index contributed by atoms with van der Waals surface area (Å²) in [6, 6.07) is 4.72. The second-order valence-corrected chi connectivity index (χ2v) is 8.78. The molecule has 0 aliphatic heterocycles. The number of esters is 1. The predicted octanol–water partition coefficient (Wildman–Crippen LogP) is 1.60. The number of rotatable bonds is 8. The van der Waals surface area contributed by atoms with Crippen LogP contribution in [-0.2, 0) is 24.3 Å². The van der Waals surface area contributed by atoms with Gasteiger partial charge in [0.1, 0.15) is 11.8 Å². The number of nitrogens with one attached hydrogen (secondary N) is 2. The van der Waals surface area contributed by atoms with E-state index in [9.17, 15) is 18.0 Å². The van der Waals surface area contributed by atoms with Gasteiger partial charge in [-0.25, -0.2) is 8.42 Å². The van der Waals surface area contributed by atoms with Crippen LogP contribution in [0.4, 0.5) is 0 Å². The van der Waals surface area contributed by atoms with Gasteiger partial charge in [0.2, 0.25) is 10.0 Å². The number of carbonyl (C=O) groups excluding carboxylic acids is 2. The van der Waals surface area contributed by atoms with Crippen LogP contribution in [0.5, 0.6) is 5.75 Å². The fraction of sp³-hybridized carbons (Fsp3) is 0.579. The van der Waals surface area contributed by atoms with Gasteiger partial charge >= 0.3 is 5.97 Å². The van der Waals surface area contributed by atoms with Crippen molar-refractivity contribution < 1.29 is 27.5 Å². The zero-order valence-corrected chi connectivity index (χ0v) is 17.3. The second-order valence-electron chi connectivity index (χ2n) is 7.06. The van der Waals surface area contributed by atoms with Gasteiger partial charge in [-0.3, -0.25) is 9.59 Å². The highest BCUT2D eigenvalue weighted by molar-refractivity contribution is 7.89. The van der Waals surface area contributed by atoms with Crippen LogP contribution in [-0.4, -0.2) is 46.1 Å². The molecule has 28 heavy (non-hydrogen) atoms. The average molecular weight is 413 g/mol. The summed E-state index contributed by atoms with van der Waals surface area (Å²) in [5, 5.41) is 2.88. The quantitative estimate of drug-likeness (QED) is 0.628. The van der Waals surface area contributed by atoms with E-state index < -0.39 is 28.6 Å². The van der Waals surface area contributed by atoms with Gasteiger partial charge in [-0.1, -0.05) is 19.8 Å². The third-order valence-electron chi connectivity index (χ3n) is 4.86. The van der Waals surface area contributed by atoms with E-state index in [0.29, 0.717) is 11.7 Å². The number of hydrogen-bond donors (Lipinski definition) is 2. The van der Waals surface area contributed by atoms with Gasteiger partial charge in [0.05, 0.1) is 12.0 Å². The summed E-state index contributed by atoms with van der Waals surface area (Å²) < 4.78 is 36.9. The lowest BCUT2D eigenvalue weighted by atomic mass is 9.86. The highest BCUT2D eigenvalue weighted by Gasteiger charge is 2.25. The summed E-state index contributed by atoms with van der Waals surface area (Å²) in [4.78, 5) is 24.1. The molecule has 8 nitrogen and oxygen atoms in total. The van der Waals surface area contributed by atoms with E-state index in [1.165, 1.54) is 38.3 Å². The Morgan fingerprint density at radius 1 is 1.18 bits per heavy atom. The molecule has 0 unspecified atom stereocenters. The number of benzene rings is 1. The molecule has 1 aromatic carbocycles. The van der Waals surface area contributed by atoms with Crippen LogP contribution in [0.3, 0.4) is 0 Å². The Morgan fingerprint density at radius 2 is 1.82 bits per heavy atom. The van der Waals surface area contributed by atoms with Crippen molar-refractivity contribution in [1.82, 2.24) is 10.0 Å². The third kappa shape index (κ3) is 6.20. The molecule has 3 atom stereocenters. The summed E-state index contributed by atoms with van der Waals surface area (Å²) in [5.41, 5.74) is 0. The van der Waals surface area contributed by atoms with Gasteiger partial charge in [-0.05, 0) is 49.9 Å². The molecule has 0 bridgehead atoms. The molecule has 0 spiro atoms. The number of amides is 1. The predicted molar refractivity (Wildman–Crippen MR) is 103 cm³/mol. The Bertz CT molecular complexity index is 778. The van der Waals surface area contributed by atoms with Crippen molar-refractivity contribution in [3.8, 4) is 5.75 Å². The van der Waals surface area contributed by atoms with Gasteiger partial charge in [0.25, 0.3) is 5.91 Å². The normalized spacial score (nSPS) is 20.8. The van der Waals surface area contributed by atoms with E-state index in [2.05, 4.69) is 17.0 Å². The van der Waals surface area contributed by atoms with Crippen molar-refractivity contribution in [2.24, 2.45) is 5.92 Å². The molecule has 1 aliphatic rings. The molecule has 1 saturated carbocycles. The summed E-state index contributed by atoms with van der Waals surface area (Å²) in [6.07, 6.45) is 4.21. The summed E-state index contributed by atoms with van der Waals surface area (Å²) in [5.74, 6) is -0.283. The van der Waals surface area contributed by atoms with Gasteiger partial charge in [0, 0.05) is 6.04 Å². The van der Waals surface area contributed by atoms with Gasteiger partial charge in [-0.2, -0.15) is 4.72 Å². The highest BCUT2D eigenvalue weighted by atomic mass is 32.2. The Balaban J connectivity index is 1.83. The van der Waals surface area contributed by atoms with E-state index in [-0.39, 0.29) is 16.8 Å². The van der Waals surface area contributed by atoms with Crippen LogP contribution in [0.2, 0.25) is 0 Å². The van der Waals surface area contributed by atoms with Crippen molar-refractivity contribution >= 4 is 21.9 Å². The first-order valence-electron chi connectivity index (χ1n) is 9.35. The average Bonchev–Trinajstić information content (AvgIpc) is 2.67. The topological polar surface area (TPSA) is 111 Å². The van der Waals surface area contributed by atoms with E-state index in [0.717, 1.165) is 25.7 Å². The number of methoxy groups -OCH3 is 1. The van der Waals surface area contributed by atoms with Crippen LogP contribution in [0.1, 0.15) is 39.5 Å². The fourth-order valence-corrected chi connectivity index (χ4v) is 4.34. The molecule has 1 aliphatic carbocycles. The fourth-order valence-electron chi connectivity index (χ4n) is 3.14. The Labute approximate surface area is 166 Å². The van der Waals surface area contributed by atoms with Gasteiger partial charge in [0.15, 0.2) is 6.61 Å². The lowest BCUT2D eigenvalue weighted by Crippen LogP contribution is -2.44. The molecular formula is C19H28N2O6S.